The number of ether oxygens (including phenoxy) is 3. The van der Waals surface area contributed by atoms with Crippen LogP contribution in [0, 0.1) is 17.1 Å². The minimum atomic E-state index is -0.689. The number of halogens is 1. The maximum atomic E-state index is 15.0. The summed E-state index contributed by atoms with van der Waals surface area (Å²) in [5.41, 5.74) is -0.218. The number of anilines is 3. The number of hydrogen-bond acceptors (Lipinski definition) is 11. The van der Waals surface area contributed by atoms with E-state index in [0.717, 1.165) is 15.4 Å². The number of nitrogens with one attached hydrogen (secondary N) is 2. The molecule has 172 valence electrons. The third-order valence-electron chi connectivity index (χ3n) is 4.70. The van der Waals surface area contributed by atoms with Crippen molar-refractivity contribution in [2.75, 3.05) is 44.1 Å². The largest absolute Gasteiger partial charge is 0.488 e. The molecular formula is C19H20FN9O4. The summed E-state index contributed by atoms with van der Waals surface area (Å²) in [6.07, 6.45) is 0.967. The molecule has 1 atom stereocenters. The lowest BCUT2D eigenvalue weighted by Crippen LogP contribution is -2.33. The Morgan fingerprint density at radius 3 is 2.88 bits per heavy atom. The van der Waals surface area contributed by atoms with Gasteiger partial charge in [-0.15, -0.1) is 0 Å². The molecule has 0 radical (unpaired) electrons. The van der Waals surface area contributed by atoms with Crippen LogP contribution in [0.3, 0.4) is 0 Å². The van der Waals surface area contributed by atoms with Crippen LogP contribution in [0.2, 0.25) is 0 Å². The van der Waals surface area contributed by atoms with Crippen molar-refractivity contribution >= 4 is 17.5 Å². The first-order chi connectivity index (χ1) is 16.0. The molecule has 2 N–H and O–H groups in total. The summed E-state index contributed by atoms with van der Waals surface area (Å²) >= 11 is 0. The molecule has 1 unspecified atom stereocenters. The predicted molar refractivity (Wildman–Crippen MR) is 112 cm³/mol. The molecule has 1 aliphatic rings. The van der Waals surface area contributed by atoms with Crippen LogP contribution in [0.4, 0.5) is 21.8 Å². The molecule has 0 spiro atoms. The van der Waals surface area contributed by atoms with Crippen molar-refractivity contribution in [3.63, 3.8) is 0 Å². The van der Waals surface area contributed by atoms with Crippen molar-refractivity contribution < 1.29 is 18.6 Å². The van der Waals surface area contributed by atoms with Crippen molar-refractivity contribution in [2.24, 2.45) is 7.05 Å². The van der Waals surface area contributed by atoms with Crippen LogP contribution in [0.25, 0.3) is 5.69 Å². The Kier molecular flexibility index (Phi) is 6.43. The van der Waals surface area contributed by atoms with Crippen molar-refractivity contribution in [1.82, 2.24) is 29.8 Å². The molecule has 13 nitrogen and oxygen atoms in total. The first kappa shape index (κ1) is 22.1. The van der Waals surface area contributed by atoms with E-state index in [-0.39, 0.29) is 47.2 Å². The molecule has 0 saturated carbocycles. The van der Waals surface area contributed by atoms with Gasteiger partial charge in [0.1, 0.15) is 41.6 Å². The number of rotatable bonds is 7. The third kappa shape index (κ3) is 4.73. The van der Waals surface area contributed by atoms with Crippen molar-refractivity contribution in [3.05, 3.63) is 40.2 Å². The Labute approximate surface area is 186 Å². The first-order valence-corrected chi connectivity index (χ1v) is 9.87. The van der Waals surface area contributed by atoms with E-state index in [0.29, 0.717) is 19.8 Å². The molecule has 2 aromatic heterocycles. The third-order valence-corrected chi connectivity index (χ3v) is 4.70. The van der Waals surface area contributed by atoms with Gasteiger partial charge in [0.2, 0.25) is 5.95 Å². The summed E-state index contributed by atoms with van der Waals surface area (Å²) in [7, 11) is 3.03. The van der Waals surface area contributed by atoms with Gasteiger partial charge in [-0.1, -0.05) is 0 Å². The van der Waals surface area contributed by atoms with E-state index in [1.807, 2.05) is 6.07 Å². The summed E-state index contributed by atoms with van der Waals surface area (Å²) in [5, 5.41) is 22.2. The van der Waals surface area contributed by atoms with Gasteiger partial charge in [0.25, 0.3) is 0 Å². The molecule has 3 heterocycles. The van der Waals surface area contributed by atoms with Crippen LogP contribution in [-0.4, -0.2) is 69.3 Å². The van der Waals surface area contributed by atoms with Gasteiger partial charge in [-0.25, -0.2) is 14.2 Å². The minimum Gasteiger partial charge on any atom is -0.488 e. The number of benzene rings is 1. The van der Waals surface area contributed by atoms with E-state index >= 15 is 0 Å². The highest BCUT2D eigenvalue weighted by Gasteiger charge is 2.21. The molecule has 0 aliphatic carbocycles. The standard InChI is InChI=1S/C19H20FN9O4/c1-22-17-11(7-21)8-23-18(25-17)24-14-6-15(29-19(30)28(2)26-27-29)16(5-13(14)20)33-10-12-9-31-3-4-32-12/h5-6,8,12H,3-4,9-10H2,1-2H3,(H2,22,23,24,25). The van der Waals surface area contributed by atoms with Gasteiger partial charge in [-0.05, 0) is 16.5 Å². The monoisotopic (exact) mass is 457 g/mol. The Morgan fingerprint density at radius 1 is 1.36 bits per heavy atom. The van der Waals surface area contributed by atoms with Gasteiger partial charge in [-0.2, -0.15) is 19.6 Å². The highest BCUT2D eigenvalue weighted by Crippen LogP contribution is 2.30. The number of aryl methyl sites for hydroxylation is 1. The molecule has 3 aromatic rings. The van der Waals surface area contributed by atoms with E-state index < -0.39 is 11.5 Å². The number of tetrazole rings is 1. The van der Waals surface area contributed by atoms with Crippen LogP contribution in [0.15, 0.2) is 23.1 Å². The van der Waals surface area contributed by atoms with Crippen LogP contribution < -0.4 is 21.1 Å². The molecule has 1 aromatic carbocycles. The van der Waals surface area contributed by atoms with Gasteiger partial charge < -0.3 is 24.8 Å². The van der Waals surface area contributed by atoms with Gasteiger partial charge in [0, 0.05) is 20.2 Å². The van der Waals surface area contributed by atoms with Gasteiger partial charge >= 0.3 is 5.69 Å². The number of nitriles is 1. The zero-order valence-electron chi connectivity index (χ0n) is 17.8. The first-order valence-electron chi connectivity index (χ1n) is 9.87. The maximum Gasteiger partial charge on any atom is 0.368 e. The second-order valence-corrected chi connectivity index (χ2v) is 6.92. The molecular weight excluding hydrogens is 437 g/mol. The number of hydrogen-bond donors (Lipinski definition) is 2. The maximum absolute atomic E-state index is 15.0. The second-order valence-electron chi connectivity index (χ2n) is 6.92. The van der Waals surface area contributed by atoms with E-state index in [4.69, 9.17) is 19.5 Å². The highest BCUT2D eigenvalue weighted by molar-refractivity contribution is 5.64. The van der Waals surface area contributed by atoms with Crippen LogP contribution >= 0.6 is 0 Å². The summed E-state index contributed by atoms with van der Waals surface area (Å²) in [4.78, 5) is 20.6. The van der Waals surface area contributed by atoms with E-state index in [9.17, 15) is 9.18 Å². The highest BCUT2D eigenvalue weighted by atomic mass is 19.1. The van der Waals surface area contributed by atoms with E-state index in [2.05, 4.69) is 31.0 Å². The second kappa shape index (κ2) is 9.59. The van der Waals surface area contributed by atoms with Crippen molar-refractivity contribution in [1.29, 1.82) is 5.26 Å². The number of nitrogens with zero attached hydrogens (tertiary/aromatic N) is 7. The number of aromatic nitrogens is 6. The molecule has 0 bridgehead atoms. The summed E-state index contributed by atoms with van der Waals surface area (Å²) in [5.74, 6) is -0.316. The summed E-state index contributed by atoms with van der Waals surface area (Å²) in [6.45, 7) is 1.35. The van der Waals surface area contributed by atoms with Gasteiger partial charge in [-0.3, -0.25) is 0 Å². The van der Waals surface area contributed by atoms with E-state index in [1.165, 1.54) is 19.3 Å². The zero-order valence-corrected chi connectivity index (χ0v) is 17.8. The van der Waals surface area contributed by atoms with E-state index in [1.54, 1.807) is 7.05 Å². The lowest BCUT2D eigenvalue weighted by Gasteiger charge is -2.23. The lowest BCUT2D eigenvalue weighted by molar-refractivity contribution is -0.101. The molecule has 14 heteroatoms. The minimum absolute atomic E-state index is 0.0381. The normalized spacial score (nSPS) is 15.6. The quantitative estimate of drug-likeness (QED) is 0.505. The topological polar surface area (TPSA) is 154 Å². The molecule has 4 rings (SSSR count). The van der Waals surface area contributed by atoms with Crippen LogP contribution in [0.1, 0.15) is 5.56 Å². The molecule has 33 heavy (non-hydrogen) atoms. The van der Waals surface area contributed by atoms with Crippen molar-refractivity contribution in [3.8, 4) is 17.5 Å². The Morgan fingerprint density at radius 2 is 2.21 bits per heavy atom. The molecule has 1 aliphatic heterocycles. The average molecular weight is 457 g/mol. The SMILES string of the molecule is CNc1nc(Nc2cc(-n3nnn(C)c3=O)c(OCC3COCCO3)cc2F)ncc1C#N. The lowest BCUT2D eigenvalue weighted by atomic mass is 10.2. The average Bonchev–Trinajstić information content (AvgIpc) is 3.17. The molecule has 1 saturated heterocycles. The fourth-order valence-corrected chi connectivity index (χ4v) is 3.04. The van der Waals surface area contributed by atoms with Gasteiger partial charge in [0.05, 0.1) is 31.7 Å². The predicted octanol–water partition coefficient (Wildman–Crippen LogP) is 0.346. The zero-order chi connectivity index (χ0) is 23.4. The van der Waals surface area contributed by atoms with Crippen LogP contribution in [0.5, 0.6) is 5.75 Å². The van der Waals surface area contributed by atoms with Crippen molar-refractivity contribution in [2.45, 2.75) is 6.10 Å². The Balaban J connectivity index is 1.69. The summed E-state index contributed by atoms with van der Waals surface area (Å²) < 4.78 is 33.6. The Hall–Kier alpha value is -4.09. The van der Waals surface area contributed by atoms with Crippen LogP contribution in [-0.2, 0) is 16.5 Å². The fraction of sp³-hybridized carbons (Fsp3) is 0.368. The smallest absolute Gasteiger partial charge is 0.368 e. The fourth-order valence-electron chi connectivity index (χ4n) is 3.04. The molecule has 0 amide bonds. The summed E-state index contributed by atoms with van der Waals surface area (Å²) in [6, 6.07) is 4.41. The Bertz CT molecular complexity index is 1250. The van der Waals surface area contributed by atoms with Gasteiger partial charge in [0.15, 0.2) is 5.82 Å². The molecule has 1 fully saturated rings.